The third kappa shape index (κ3) is 11.5. The topological polar surface area (TPSA) is 279 Å². The van der Waals surface area contributed by atoms with E-state index in [1.807, 2.05) is 13.8 Å². The molecule has 4 saturated heterocycles. The molecule has 0 aromatic heterocycles. The number of nitrogens with one attached hydrogen (secondary N) is 2. The molecule has 21 heteroatoms. The van der Waals surface area contributed by atoms with Crippen LogP contribution in [0.5, 0.6) is 0 Å². The highest BCUT2D eigenvalue weighted by molar-refractivity contribution is 5.97. The van der Waals surface area contributed by atoms with Crippen LogP contribution in [-0.2, 0) is 43.0 Å². The molecular formula is C45H77N7O14. The third-order valence-corrected chi connectivity index (χ3v) is 13.8. The first kappa shape index (κ1) is 54.6. The van der Waals surface area contributed by atoms with Crippen molar-refractivity contribution in [2.75, 3.05) is 26.7 Å². The third-order valence-electron chi connectivity index (χ3n) is 13.8. The van der Waals surface area contributed by atoms with Gasteiger partial charge in [0.05, 0.1) is 11.7 Å². The first-order valence-electron chi connectivity index (χ1n) is 23.7. The van der Waals surface area contributed by atoms with E-state index in [9.17, 15) is 54.5 Å². The number of hydroxylamine groups is 4. The summed E-state index contributed by atoms with van der Waals surface area (Å²) in [7, 11) is 1.22. The highest BCUT2D eigenvalue weighted by Gasteiger charge is 2.58. The minimum atomic E-state index is -2.73. The number of rotatable bonds is 11. The number of ether oxygens (including phenoxy) is 2. The Morgan fingerprint density at radius 2 is 1.59 bits per heavy atom. The second-order valence-corrected chi connectivity index (χ2v) is 20.2. The van der Waals surface area contributed by atoms with Crippen molar-refractivity contribution in [1.29, 1.82) is 0 Å². The zero-order valence-corrected chi connectivity index (χ0v) is 40.7. The highest BCUT2D eigenvalue weighted by Crippen LogP contribution is 2.42. The molecule has 4 fully saturated rings. The van der Waals surface area contributed by atoms with Crippen molar-refractivity contribution in [3.8, 4) is 0 Å². The Bertz CT molecular complexity index is 1780. The standard InChI is InChI=1S/C45H77N7O14/c1-12-14-16-29-38(55)50(63)24-32(53)51-30(17-15-21-46-51)37(54)49-22-20-43(9,60)36(49)40(57)52(64)34(26(5)6)41(58)65-35(27(7)8)33(39(56)48(29)11)47-42(59)44(10,61)45(62)19-18-28(23-25(3)4)31(13-2)66-45/h25-31,33-36,46,60-64H,12-24H2,1-11H3,(H,47,59). The Morgan fingerprint density at radius 1 is 0.939 bits per heavy atom. The summed E-state index contributed by atoms with van der Waals surface area (Å²) in [5.41, 5.74) is -1.82. The van der Waals surface area contributed by atoms with Crippen LogP contribution in [0, 0.1) is 23.7 Å². The van der Waals surface area contributed by atoms with Crippen molar-refractivity contribution < 1.29 is 68.8 Å². The van der Waals surface area contributed by atoms with Crippen LogP contribution in [0.4, 0.5) is 0 Å². The lowest BCUT2D eigenvalue weighted by Crippen LogP contribution is -2.69. The average molecular weight is 940 g/mol. The molecule has 21 nitrogen and oxygen atoms in total. The molecule has 11 unspecified atom stereocenters. The molecule has 7 N–H and O–H groups in total. The Balaban J connectivity index is 1.87. The number of hydrogen-bond donors (Lipinski definition) is 7. The van der Waals surface area contributed by atoms with Crippen LogP contribution < -0.4 is 10.7 Å². The van der Waals surface area contributed by atoms with E-state index in [1.165, 1.54) is 27.8 Å². The van der Waals surface area contributed by atoms with Crippen molar-refractivity contribution in [2.24, 2.45) is 23.7 Å². The van der Waals surface area contributed by atoms with Crippen molar-refractivity contribution in [3.63, 3.8) is 0 Å². The van der Waals surface area contributed by atoms with Gasteiger partial charge < -0.3 is 39.9 Å². The van der Waals surface area contributed by atoms with Crippen molar-refractivity contribution in [2.45, 2.75) is 193 Å². The molecule has 0 saturated carbocycles. The van der Waals surface area contributed by atoms with Crippen LogP contribution >= 0.6 is 0 Å². The first-order chi connectivity index (χ1) is 30.7. The Labute approximate surface area is 388 Å². The molecule has 4 aliphatic rings. The number of nitrogens with zero attached hydrogens (tertiary/aromatic N) is 5. The van der Waals surface area contributed by atoms with Crippen LogP contribution in [-0.4, -0.2) is 178 Å². The summed E-state index contributed by atoms with van der Waals surface area (Å²) >= 11 is 0. The molecule has 0 radical (unpaired) electrons. The van der Waals surface area contributed by atoms with Crippen molar-refractivity contribution in [3.05, 3.63) is 0 Å². The molecule has 4 rings (SSSR count). The maximum Gasteiger partial charge on any atom is 0.332 e. The number of hydrazine groups is 1. The minimum absolute atomic E-state index is 0.0204. The van der Waals surface area contributed by atoms with E-state index in [0.717, 1.165) is 28.2 Å². The monoisotopic (exact) mass is 940 g/mol. The number of amides is 6. The van der Waals surface area contributed by atoms with Gasteiger partial charge in [0.25, 0.3) is 23.6 Å². The number of cyclic esters (lactones) is 1. The van der Waals surface area contributed by atoms with Crippen LogP contribution in [0.3, 0.4) is 0 Å². The maximum atomic E-state index is 15.0. The van der Waals surface area contributed by atoms with Crippen LogP contribution in [0.2, 0.25) is 0 Å². The summed E-state index contributed by atoms with van der Waals surface area (Å²) in [6, 6.07) is -8.28. The molecule has 0 spiro atoms. The molecule has 4 aliphatic heterocycles. The number of likely N-dealkylation sites (N-methyl/N-ethyl adjacent to an activating group) is 1. The smallest absolute Gasteiger partial charge is 0.332 e. The van der Waals surface area contributed by atoms with Crippen molar-refractivity contribution in [1.82, 2.24) is 35.7 Å². The van der Waals surface area contributed by atoms with Gasteiger partial charge >= 0.3 is 5.97 Å². The minimum Gasteiger partial charge on any atom is -0.458 e. The zero-order valence-electron chi connectivity index (χ0n) is 40.7. The SMILES string of the molecule is CCCCC1C(=O)N(O)CC(=O)N2NCCCC2C(=O)N2CCC(C)(O)C2C(=O)N(O)C(C(C)C)C(=O)OC(C(C)C)C(NC(=O)C(C)(O)C2(O)CCC(CC(C)C)C(CC)O2)C(=O)N1C. The molecule has 376 valence electrons. The lowest BCUT2D eigenvalue weighted by atomic mass is 9.78. The lowest BCUT2D eigenvalue weighted by Gasteiger charge is -2.48. The Kier molecular flexibility index (Phi) is 18.2. The number of fused-ring (bicyclic) bond motifs is 2. The molecule has 4 heterocycles. The van der Waals surface area contributed by atoms with E-state index in [1.54, 1.807) is 13.8 Å². The first-order valence-corrected chi connectivity index (χ1v) is 23.7. The van der Waals surface area contributed by atoms with Gasteiger partial charge in [-0.25, -0.2) is 20.3 Å². The number of esters is 1. The normalized spacial score (nSPS) is 33.7. The van der Waals surface area contributed by atoms with Gasteiger partial charge in [-0.3, -0.25) is 44.2 Å². The summed E-state index contributed by atoms with van der Waals surface area (Å²) < 4.78 is 12.2. The number of hydrogen-bond acceptors (Lipinski definition) is 15. The second kappa shape index (κ2) is 22.0. The van der Waals surface area contributed by atoms with E-state index in [2.05, 4.69) is 24.6 Å². The van der Waals surface area contributed by atoms with Crippen LogP contribution in [0.15, 0.2) is 0 Å². The molecule has 11 atom stereocenters. The number of unbranched alkanes of at least 4 members (excludes halogenated alkanes) is 1. The predicted octanol–water partition coefficient (Wildman–Crippen LogP) is 1.07. The van der Waals surface area contributed by atoms with Gasteiger partial charge in [0.2, 0.25) is 17.6 Å². The molecular weight excluding hydrogens is 863 g/mol. The van der Waals surface area contributed by atoms with E-state index >= 15 is 4.79 Å². The van der Waals surface area contributed by atoms with E-state index < -0.39 is 119 Å². The fraction of sp³-hybridized carbons (Fsp3) is 0.844. The van der Waals surface area contributed by atoms with Gasteiger partial charge in [-0.1, -0.05) is 68.2 Å². The molecule has 0 aromatic carbocycles. The van der Waals surface area contributed by atoms with Gasteiger partial charge in [-0.05, 0) is 82.5 Å². The average Bonchev–Trinajstić information content (AvgIpc) is 3.57. The molecule has 0 bridgehead atoms. The molecule has 0 aliphatic carbocycles. The van der Waals surface area contributed by atoms with Gasteiger partial charge in [-0.2, -0.15) is 0 Å². The van der Waals surface area contributed by atoms with Gasteiger partial charge in [0.15, 0.2) is 11.6 Å². The van der Waals surface area contributed by atoms with E-state index in [-0.39, 0.29) is 54.8 Å². The summed E-state index contributed by atoms with van der Waals surface area (Å²) in [4.78, 5) is 103. The summed E-state index contributed by atoms with van der Waals surface area (Å²) in [5, 5.41) is 62.2. The number of aliphatic hydroxyl groups is 3. The number of carbonyl (C=O) groups is 7. The van der Waals surface area contributed by atoms with E-state index in [4.69, 9.17) is 9.47 Å². The lowest BCUT2D eigenvalue weighted by molar-refractivity contribution is -0.329. The predicted molar refractivity (Wildman–Crippen MR) is 235 cm³/mol. The fourth-order valence-corrected chi connectivity index (χ4v) is 9.79. The zero-order chi connectivity index (χ0) is 49.8. The number of carbonyl (C=O) groups excluding carboxylic acids is 7. The Morgan fingerprint density at radius 3 is 2.17 bits per heavy atom. The Hall–Kier alpha value is -3.99. The largest absolute Gasteiger partial charge is 0.458 e. The molecule has 6 amide bonds. The van der Waals surface area contributed by atoms with Crippen LogP contribution in [0.1, 0.15) is 133 Å². The van der Waals surface area contributed by atoms with Crippen molar-refractivity contribution >= 4 is 41.4 Å². The summed E-state index contributed by atoms with van der Waals surface area (Å²) in [6.45, 7) is 15.3. The van der Waals surface area contributed by atoms with Gasteiger partial charge in [-0.15, -0.1) is 0 Å². The van der Waals surface area contributed by atoms with Gasteiger partial charge in [0, 0.05) is 26.6 Å². The quantitative estimate of drug-likeness (QED) is 0.113. The highest BCUT2D eigenvalue weighted by atomic mass is 16.6. The summed E-state index contributed by atoms with van der Waals surface area (Å²) in [6.07, 6.45) is 0.466. The molecule has 0 aromatic rings. The fourth-order valence-electron chi connectivity index (χ4n) is 9.79. The maximum absolute atomic E-state index is 15.0. The van der Waals surface area contributed by atoms with Crippen LogP contribution in [0.25, 0.3) is 0 Å². The molecule has 66 heavy (non-hydrogen) atoms. The summed E-state index contributed by atoms with van der Waals surface area (Å²) in [5.74, 6) is -11.5. The second-order valence-electron chi connectivity index (χ2n) is 20.2. The van der Waals surface area contributed by atoms with E-state index in [0.29, 0.717) is 38.0 Å². The van der Waals surface area contributed by atoms with Gasteiger partial charge in [0.1, 0.15) is 36.8 Å².